The molecule has 1 aromatic carbocycles. The van der Waals surface area contributed by atoms with E-state index in [1.54, 1.807) is 0 Å². The van der Waals surface area contributed by atoms with Crippen molar-refractivity contribution in [3.8, 4) is 5.75 Å². The number of benzene rings is 1. The van der Waals surface area contributed by atoms with Crippen molar-refractivity contribution in [2.45, 2.75) is 40.0 Å². The highest BCUT2D eigenvalue weighted by atomic mass is 16.5. The lowest BCUT2D eigenvalue weighted by atomic mass is 10.1. The smallest absolute Gasteiger partial charge is 0.224 e. The van der Waals surface area contributed by atoms with Gasteiger partial charge in [-0.25, -0.2) is 0 Å². The first-order chi connectivity index (χ1) is 8.61. The van der Waals surface area contributed by atoms with Crippen molar-refractivity contribution in [3.63, 3.8) is 0 Å². The van der Waals surface area contributed by atoms with Gasteiger partial charge in [-0.2, -0.15) is 0 Å². The Morgan fingerprint density at radius 1 is 1.28 bits per heavy atom. The largest absolute Gasteiger partial charge is 0.494 e. The minimum Gasteiger partial charge on any atom is -0.494 e. The molecule has 18 heavy (non-hydrogen) atoms. The van der Waals surface area contributed by atoms with Crippen molar-refractivity contribution in [3.05, 3.63) is 24.3 Å². The van der Waals surface area contributed by atoms with Crippen molar-refractivity contribution in [2.24, 2.45) is 5.92 Å². The highest BCUT2D eigenvalue weighted by Gasteiger charge is 2.05. The summed E-state index contributed by atoms with van der Waals surface area (Å²) in [7, 11) is 0. The summed E-state index contributed by atoms with van der Waals surface area (Å²) in [5.41, 5.74) is 0.823. The molecule has 0 aliphatic carbocycles. The summed E-state index contributed by atoms with van der Waals surface area (Å²) in [4.78, 5) is 11.6. The zero-order valence-electron chi connectivity index (χ0n) is 11.5. The molecule has 0 atom stereocenters. The van der Waals surface area contributed by atoms with Crippen molar-refractivity contribution in [1.82, 2.24) is 0 Å². The number of hydrogen-bond acceptors (Lipinski definition) is 2. The predicted molar refractivity (Wildman–Crippen MR) is 74.9 cm³/mol. The van der Waals surface area contributed by atoms with E-state index in [2.05, 4.69) is 12.2 Å². The summed E-state index contributed by atoms with van der Waals surface area (Å²) in [6, 6.07) is 7.53. The molecule has 1 amide bonds. The van der Waals surface area contributed by atoms with Crippen molar-refractivity contribution < 1.29 is 9.53 Å². The summed E-state index contributed by atoms with van der Waals surface area (Å²) >= 11 is 0. The fourth-order valence-corrected chi connectivity index (χ4v) is 1.55. The molecule has 1 aromatic rings. The molecule has 0 unspecified atom stereocenters. The van der Waals surface area contributed by atoms with Crippen molar-refractivity contribution in [1.29, 1.82) is 0 Å². The second-order valence-electron chi connectivity index (χ2n) is 4.87. The fourth-order valence-electron chi connectivity index (χ4n) is 1.55. The van der Waals surface area contributed by atoms with Crippen LogP contribution < -0.4 is 10.1 Å². The summed E-state index contributed by atoms with van der Waals surface area (Å²) in [5, 5.41) is 2.87. The average molecular weight is 249 g/mol. The molecule has 0 aromatic heterocycles. The van der Waals surface area contributed by atoms with Crippen LogP contribution in [0.2, 0.25) is 0 Å². The molecule has 0 aliphatic rings. The Bertz CT molecular complexity index is 357. The zero-order valence-corrected chi connectivity index (χ0v) is 11.5. The van der Waals surface area contributed by atoms with E-state index in [4.69, 9.17) is 4.74 Å². The topological polar surface area (TPSA) is 38.3 Å². The summed E-state index contributed by atoms with van der Waals surface area (Å²) in [5.74, 6) is 1.29. The van der Waals surface area contributed by atoms with Crippen molar-refractivity contribution >= 4 is 11.6 Å². The molecule has 0 spiro atoms. The summed E-state index contributed by atoms with van der Waals surface area (Å²) < 4.78 is 5.56. The van der Waals surface area contributed by atoms with E-state index in [-0.39, 0.29) is 5.91 Å². The van der Waals surface area contributed by atoms with Gasteiger partial charge >= 0.3 is 0 Å². The van der Waals surface area contributed by atoms with Gasteiger partial charge in [-0.3, -0.25) is 4.79 Å². The fraction of sp³-hybridized carbons (Fsp3) is 0.533. The van der Waals surface area contributed by atoms with Crippen LogP contribution in [0, 0.1) is 5.92 Å². The summed E-state index contributed by atoms with van der Waals surface area (Å²) in [6.07, 6.45) is 2.74. The van der Waals surface area contributed by atoms with Gasteiger partial charge in [0.05, 0.1) is 6.61 Å². The molecule has 0 fully saturated rings. The van der Waals surface area contributed by atoms with Crippen LogP contribution >= 0.6 is 0 Å². The van der Waals surface area contributed by atoms with Gasteiger partial charge in [0, 0.05) is 12.1 Å². The van der Waals surface area contributed by atoms with E-state index in [1.165, 1.54) is 0 Å². The molecule has 0 aliphatic heterocycles. The third kappa shape index (κ3) is 5.71. The van der Waals surface area contributed by atoms with Gasteiger partial charge < -0.3 is 10.1 Å². The first-order valence-corrected chi connectivity index (χ1v) is 6.64. The molecule has 0 saturated carbocycles. The van der Waals surface area contributed by atoms with Gasteiger partial charge in [-0.05, 0) is 36.6 Å². The Kier molecular flexibility index (Phi) is 6.26. The van der Waals surface area contributed by atoms with E-state index in [9.17, 15) is 4.79 Å². The monoisotopic (exact) mass is 249 g/mol. The molecule has 0 saturated heterocycles. The molecule has 0 heterocycles. The Morgan fingerprint density at radius 2 is 1.94 bits per heavy atom. The number of carbonyl (C=O) groups excluding carboxylic acids is 1. The number of amides is 1. The van der Waals surface area contributed by atoms with Crippen LogP contribution in [0.4, 0.5) is 5.69 Å². The van der Waals surface area contributed by atoms with E-state index in [1.807, 2.05) is 38.1 Å². The van der Waals surface area contributed by atoms with Crippen LogP contribution in [-0.4, -0.2) is 12.5 Å². The number of ether oxygens (including phenoxy) is 1. The number of rotatable bonds is 7. The summed E-state index contributed by atoms with van der Waals surface area (Å²) in [6.45, 7) is 6.95. The number of nitrogens with one attached hydrogen (secondary N) is 1. The maximum absolute atomic E-state index is 11.6. The molecule has 0 radical (unpaired) electrons. The number of anilines is 1. The Morgan fingerprint density at radius 3 is 2.50 bits per heavy atom. The van der Waals surface area contributed by atoms with Crippen LogP contribution in [0.15, 0.2) is 24.3 Å². The highest BCUT2D eigenvalue weighted by Crippen LogP contribution is 2.16. The van der Waals surface area contributed by atoms with E-state index in [0.717, 1.165) is 30.9 Å². The van der Waals surface area contributed by atoms with Crippen LogP contribution in [0.1, 0.15) is 40.0 Å². The van der Waals surface area contributed by atoms with Gasteiger partial charge in [0.2, 0.25) is 5.91 Å². The first kappa shape index (κ1) is 14.6. The van der Waals surface area contributed by atoms with E-state index < -0.39 is 0 Å². The molecular formula is C15H23NO2. The second-order valence-corrected chi connectivity index (χ2v) is 4.87. The molecule has 100 valence electrons. The molecular weight excluding hydrogens is 226 g/mol. The predicted octanol–water partition coefficient (Wildman–Crippen LogP) is 3.85. The minimum atomic E-state index is 0.0599. The van der Waals surface area contributed by atoms with Gasteiger partial charge in [0.25, 0.3) is 0 Å². The quantitative estimate of drug-likeness (QED) is 0.745. The molecule has 3 nitrogen and oxygen atoms in total. The number of carbonyl (C=O) groups is 1. The van der Waals surface area contributed by atoms with Gasteiger partial charge in [0.1, 0.15) is 5.75 Å². The number of unbranched alkanes of at least 4 members (excludes halogenated alkanes) is 1. The Hall–Kier alpha value is -1.51. The maximum atomic E-state index is 11.6. The van der Waals surface area contributed by atoms with Crippen molar-refractivity contribution in [2.75, 3.05) is 11.9 Å². The minimum absolute atomic E-state index is 0.0599. The van der Waals surface area contributed by atoms with Gasteiger partial charge in [0.15, 0.2) is 0 Å². The van der Waals surface area contributed by atoms with Crippen LogP contribution in [-0.2, 0) is 4.79 Å². The van der Waals surface area contributed by atoms with Crippen LogP contribution in [0.5, 0.6) is 5.75 Å². The highest BCUT2D eigenvalue weighted by molar-refractivity contribution is 5.90. The lowest BCUT2D eigenvalue weighted by Gasteiger charge is -2.09. The van der Waals surface area contributed by atoms with Gasteiger partial charge in [-0.15, -0.1) is 0 Å². The molecule has 3 heteroatoms. The third-order valence-corrected chi connectivity index (χ3v) is 2.50. The van der Waals surface area contributed by atoms with Crippen LogP contribution in [0.3, 0.4) is 0 Å². The SMILES string of the molecule is CCCCOc1ccc(NC(=O)CC(C)C)cc1. The Labute approximate surface area is 110 Å². The second kappa shape index (κ2) is 7.75. The van der Waals surface area contributed by atoms with Gasteiger partial charge in [-0.1, -0.05) is 27.2 Å². The molecule has 0 bridgehead atoms. The standard InChI is InChI=1S/C15H23NO2/c1-4-5-10-18-14-8-6-13(7-9-14)16-15(17)11-12(2)3/h6-9,12H,4-5,10-11H2,1-3H3,(H,16,17). The van der Waals surface area contributed by atoms with E-state index in [0.29, 0.717) is 12.3 Å². The lowest BCUT2D eigenvalue weighted by molar-refractivity contribution is -0.116. The average Bonchev–Trinajstić information content (AvgIpc) is 2.30. The first-order valence-electron chi connectivity index (χ1n) is 6.64. The molecule has 1 N–H and O–H groups in total. The number of hydrogen-bond donors (Lipinski definition) is 1. The zero-order chi connectivity index (χ0) is 13.4. The maximum Gasteiger partial charge on any atom is 0.224 e. The van der Waals surface area contributed by atoms with Crippen LogP contribution in [0.25, 0.3) is 0 Å². The Balaban J connectivity index is 2.42. The molecule has 1 rings (SSSR count). The third-order valence-electron chi connectivity index (χ3n) is 2.50. The lowest BCUT2D eigenvalue weighted by Crippen LogP contribution is -2.13. The normalized spacial score (nSPS) is 10.4. The van der Waals surface area contributed by atoms with E-state index >= 15 is 0 Å².